The van der Waals surface area contributed by atoms with Gasteiger partial charge in [-0.05, 0) is 66.6 Å². The fourth-order valence-corrected chi connectivity index (χ4v) is 8.30. The number of halogens is 3. The van der Waals surface area contributed by atoms with Crippen molar-refractivity contribution in [1.29, 1.82) is 0 Å². The Morgan fingerprint density at radius 2 is 1.72 bits per heavy atom. The number of rotatable bonds is 24. The van der Waals surface area contributed by atoms with Crippen LogP contribution in [0.4, 0.5) is 19.0 Å². The van der Waals surface area contributed by atoms with Crippen LogP contribution in [-0.4, -0.2) is 139 Å². The zero-order chi connectivity index (χ0) is 46.6. The molecule has 3 aliphatic heterocycles. The highest BCUT2D eigenvalue weighted by Gasteiger charge is 2.44. The van der Waals surface area contributed by atoms with Gasteiger partial charge in [0, 0.05) is 76.5 Å². The number of aromatic nitrogens is 4. The van der Waals surface area contributed by atoms with Gasteiger partial charge in [-0.25, -0.2) is 0 Å². The van der Waals surface area contributed by atoms with E-state index in [4.69, 9.17) is 23.7 Å². The Bertz CT molecular complexity index is 2110. The van der Waals surface area contributed by atoms with E-state index in [1.165, 1.54) is 17.9 Å². The maximum absolute atomic E-state index is 14.7. The summed E-state index contributed by atoms with van der Waals surface area (Å²) in [6.45, 7) is 9.50. The number of amides is 4. The highest BCUT2D eigenvalue weighted by Crippen LogP contribution is 2.42. The molecule has 3 aliphatic rings. The minimum absolute atomic E-state index is 0.0112. The topological polar surface area (TPSA) is 180 Å². The number of nitrogens with zero attached hydrogens (tertiary/aromatic N) is 7. The summed E-state index contributed by atoms with van der Waals surface area (Å²) in [6.07, 6.45) is 0.318. The second kappa shape index (κ2) is 22.9. The summed E-state index contributed by atoms with van der Waals surface area (Å²) in [5, 5.41) is 11.0. The lowest BCUT2D eigenvalue weighted by Gasteiger charge is -2.42. The van der Waals surface area contributed by atoms with Crippen molar-refractivity contribution >= 4 is 29.4 Å². The van der Waals surface area contributed by atoms with Crippen molar-refractivity contribution in [3.8, 4) is 5.88 Å². The number of aryl methyl sites for hydroxylation is 1. The van der Waals surface area contributed by atoms with E-state index in [0.717, 1.165) is 36.4 Å². The Morgan fingerprint density at radius 3 is 2.35 bits per heavy atom. The summed E-state index contributed by atoms with van der Waals surface area (Å²) < 4.78 is 74.4. The molecular formula is C45H61F3N8O9. The number of ether oxygens (including phenoxy) is 5. The van der Waals surface area contributed by atoms with Gasteiger partial charge >= 0.3 is 6.18 Å². The lowest BCUT2D eigenvalue weighted by Crippen LogP contribution is -2.49. The minimum Gasteiger partial charge on any atom is -0.475 e. The maximum atomic E-state index is 14.7. The van der Waals surface area contributed by atoms with Gasteiger partial charge in [0.1, 0.15) is 24.6 Å². The van der Waals surface area contributed by atoms with Crippen LogP contribution < -0.4 is 15.0 Å². The van der Waals surface area contributed by atoms with Crippen molar-refractivity contribution in [1.82, 2.24) is 34.9 Å². The highest BCUT2D eigenvalue weighted by atomic mass is 19.4. The van der Waals surface area contributed by atoms with Crippen molar-refractivity contribution in [2.45, 2.75) is 84.0 Å². The molecule has 20 heteroatoms. The first-order chi connectivity index (χ1) is 31.2. The number of piperidine rings is 1. The Labute approximate surface area is 377 Å². The van der Waals surface area contributed by atoms with Crippen LogP contribution in [0.3, 0.4) is 0 Å². The van der Waals surface area contributed by atoms with Crippen LogP contribution in [0, 0.1) is 5.92 Å². The number of benzene rings is 1. The number of pyridine rings is 1. The molecule has 0 bridgehead atoms. The molecule has 2 fully saturated rings. The van der Waals surface area contributed by atoms with Crippen molar-refractivity contribution in [3.05, 3.63) is 64.2 Å². The van der Waals surface area contributed by atoms with E-state index in [2.05, 4.69) is 32.3 Å². The number of fused-ring (bicyclic) bond motifs is 1. The smallest absolute Gasteiger partial charge is 0.416 e. The molecule has 4 amide bonds. The summed E-state index contributed by atoms with van der Waals surface area (Å²) in [6, 6.07) is 6.29. The third kappa shape index (κ3) is 13.3. The predicted molar refractivity (Wildman–Crippen MR) is 230 cm³/mol. The summed E-state index contributed by atoms with van der Waals surface area (Å²) in [4.78, 5) is 59.3. The number of alkyl halides is 3. The minimum atomic E-state index is -4.67. The molecule has 5 heterocycles. The van der Waals surface area contributed by atoms with Gasteiger partial charge < -0.3 is 33.6 Å². The van der Waals surface area contributed by atoms with E-state index < -0.39 is 23.1 Å². The first kappa shape index (κ1) is 49.4. The molecule has 356 valence electrons. The van der Waals surface area contributed by atoms with Crippen molar-refractivity contribution in [2.24, 2.45) is 13.0 Å². The Balaban J connectivity index is 1.01. The summed E-state index contributed by atoms with van der Waals surface area (Å²) in [7, 11) is 1.84. The Hall–Kier alpha value is -5.02. The molecule has 65 heavy (non-hydrogen) atoms. The zero-order valence-electron chi connectivity index (χ0n) is 37.8. The summed E-state index contributed by atoms with van der Waals surface area (Å²) in [5.74, 6) is -0.0310. The van der Waals surface area contributed by atoms with Gasteiger partial charge in [-0.2, -0.15) is 18.2 Å². The number of carbonyl (C=O) groups is 4. The molecule has 1 N–H and O–H groups in total. The number of hydrogen-bond acceptors (Lipinski definition) is 13. The Kier molecular flexibility index (Phi) is 17.4. The maximum Gasteiger partial charge on any atom is 0.416 e. The predicted octanol–water partition coefficient (Wildman–Crippen LogP) is 4.24. The van der Waals surface area contributed by atoms with Gasteiger partial charge in [-0.1, -0.05) is 13.8 Å². The molecule has 2 aromatic heterocycles. The summed E-state index contributed by atoms with van der Waals surface area (Å²) in [5.41, 5.74) is -0.256. The lowest BCUT2D eigenvalue weighted by atomic mass is 9.75. The van der Waals surface area contributed by atoms with Crippen LogP contribution in [0.25, 0.3) is 0 Å². The molecule has 1 aromatic carbocycles. The second-order valence-corrected chi connectivity index (χ2v) is 17.0. The van der Waals surface area contributed by atoms with Crippen LogP contribution in [0.5, 0.6) is 5.88 Å². The lowest BCUT2D eigenvalue weighted by molar-refractivity contribution is -0.144. The largest absolute Gasteiger partial charge is 0.475 e. The van der Waals surface area contributed by atoms with Crippen molar-refractivity contribution in [2.75, 3.05) is 90.5 Å². The van der Waals surface area contributed by atoms with Crippen LogP contribution in [0.15, 0.2) is 30.6 Å². The van der Waals surface area contributed by atoms with E-state index >= 15 is 0 Å². The molecule has 0 unspecified atom stereocenters. The quantitative estimate of drug-likeness (QED) is 0.126. The Morgan fingerprint density at radius 1 is 1.00 bits per heavy atom. The fraction of sp³-hybridized carbons (Fsp3) is 0.622. The molecule has 6 rings (SSSR count). The molecule has 0 radical (unpaired) electrons. The average Bonchev–Trinajstić information content (AvgIpc) is 3.81. The van der Waals surface area contributed by atoms with Gasteiger partial charge in [0.25, 0.3) is 5.91 Å². The second-order valence-electron chi connectivity index (χ2n) is 17.0. The van der Waals surface area contributed by atoms with E-state index in [0.29, 0.717) is 56.5 Å². The van der Waals surface area contributed by atoms with Crippen molar-refractivity contribution < 1.29 is 56.0 Å². The van der Waals surface area contributed by atoms with Crippen molar-refractivity contribution in [3.63, 3.8) is 0 Å². The van der Waals surface area contributed by atoms with E-state index in [1.807, 2.05) is 18.5 Å². The fourth-order valence-electron chi connectivity index (χ4n) is 8.30. The summed E-state index contributed by atoms with van der Waals surface area (Å²) >= 11 is 0. The highest BCUT2D eigenvalue weighted by molar-refractivity contribution is 6.10. The average molecular weight is 915 g/mol. The van der Waals surface area contributed by atoms with Crippen LogP contribution in [-0.2, 0) is 71.5 Å². The molecule has 17 nitrogen and oxygen atoms in total. The van der Waals surface area contributed by atoms with Gasteiger partial charge in [0.2, 0.25) is 23.6 Å². The number of hydrogen-bond donors (Lipinski definition) is 1. The number of carbonyl (C=O) groups excluding carboxylic acids is 4. The van der Waals surface area contributed by atoms with E-state index in [1.54, 1.807) is 24.5 Å². The van der Waals surface area contributed by atoms with Gasteiger partial charge in [0.15, 0.2) is 0 Å². The van der Waals surface area contributed by atoms with Crippen LogP contribution in [0.2, 0.25) is 0 Å². The zero-order valence-corrected chi connectivity index (χ0v) is 37.8. The van der Waals surface area contributed by atoms with Crippen LogP contribution >= 0.6 is 0 Å². The number of likely N-dealkylation sites (tertiary alicyclic amines) is 1. The third-order valence-corrected chi connectivity index (χ3v) is 11.8. The number of anilines is 1. The monoisotopic (exact) mass is 914 g/mol. The first-order valence-electron chi connectivity index (χ1n) is 22.3. The van der Waals surface area contributed by atoms with Gasteiger partial charge in [-0.15, -0.1) is 10.2 Å². The third-order valence-electron chi connectivity index (χ3n) is 11.8. The van der Waals surface area contributed by atoms with E-state index in [-0.39, 0.29) is 113 Å². The van der Waals surface area contributed by atoms with E-state index in [9.17, 15) is 32.3 Å². The first-order valence-corrected chi connectivity index (χ1v) is 22.3. The molecule has 1 atom stereocenters. The molecular weight excluding hydrogens is 854 g/mol. The molecule has 0 saturated carbocycles. The van der Waals surface area contributed by atoms with Gasteiger partial charge in [0.05, 0.1) is 65.0 Å². The molecule has 0 spiro atoms. The van der Waals surface area contributed by atoms with Crippen LogP contribution in [0.1, 0.15) is 91.3 Å². The molecule has 0 aliphatic carbocycles. The number of nitrogens with one attached hydrogen (secondary N) is 1. The van der Waals surface area contributed by atoms with Gasteiger partial charge in [-0.3, -0.25) is 33.9 Å². The standard InChI is InChI=1S/C45H61F3N8O9/c1-5-7-42(59)55(32(3)57)12-9-40(58)49-10-13-61-14-15-62-16-17-63-18-19-65-41-23-34(44(28-64-29-44)24-39-52-50-30-53(39)4)22-38(51-41)56-27-36-35(43(56)60)20-33(21-37(36)45(46,47)48)26-54-11-6-8-31(2)25-54/h20-23,30-31H,5-19,24-29H2,1-4H3,(H,49,58)/t31-/m0/s1. The number of imide groups is 1. The normalized spacial score (nSPS) is 17.2. The molecule has 2 saturated heterocycles. The molecule has 3 aromatic rings. The SMILES string of the molecule is CCCC(=O)N(CCC(=O)NCCOCCOCCOCCOc1cc(C2(Cc3nncn3C)COC2)cc(N2Cc3c(cc(CN4CCC[C@H](C)C4)cc3C(F)(F)F)C2=O)n1)C(C)=O.